The molecule has 1 aromatic heterocycles. The minimum atomic E-state index is -3.94. The maximum Gasteiger partial charge on any atom is 0.263 e. The lowest BCUT2D eigenvalue weighted by molar-refractivity contribution is 0.342. The first-order valence-electron chi connectivity index (χ1n) is 10.5. The van der Waals surface area contributed by atoms with Crippen LogP contribution in [0.15, 0.2) is 101 Å². The second kappa shape index (κ2) is 10.7. The summed E-state index contributed by atoms with van der Waals surface area (Å²) in [6.07, 6.45) is 1.18. The van der Waals surface area contributed by atoms with E-state index in [1.54, 1.807) is 12.1 Å². The van der Waals surface area contributed by atoms with E-state index in [-0.39, 0.29) is 22.3 Å². The van der Waals surface area contributed by atoms with E-state index >= 15 is 0 Å². The predicted molar refractivity (Wildman–Crippen MR) is 135 cm³/mol. The van der Waals surface area contributed by atoms with Crippen LogP contribution in [0.25, 0.3) is 0 Å². The number of hydrogen-bond acceptors (Lipinski definition) is 8. The van der Waals surface area contributed by atoms with Crippen LogP contribution in [0.2, 0.25) is 0 Å². The van der Waals surface area contributed by atoms with E-state index in [1.165, 1.54) is 32.7 Å². The second-order valence-electron chi connectivity index (χ2n) is 7.20. The quantitative estimate of drug-likeness (QED) is 0.268. The van der Waals surface area contributed by atoms with Crippen LogP contribution in [0.4, 0.5) is 11.5 Å². The van der Waals surface area contributed by atoms with Gasteiger partial charge in [0.15, 0.2) is 5.82 Å². The number of nitrogens with zero attached hydrogens (tertiary/aromatic N) is 3. The Morgan fingerprint density at radius 3 is 1.94 bits per heavy atom. The number of sulfonamides is 1. The van der Waals surface area contributed by atoms with Gasteiger partial charge in [-0.15, -0.1) is 0 Å². The Labute approximate surface area is 203 Å². The Morgan fingerprint density at radius 2 is 1.40 bits per heavy atom. The predicted octanol–water partition coefficient (Wildman–Crippen LogP) is 4.16. The van der Waals surface area contributed by atoms with Crippen LogP contribution in [0.3, 0.4) is 0 Å². The molecule has 0 spiro atoms. The Morgan fingerprint density at radius 1 is 0.800 bits per heavy atom. The van der Waals surface area contributed by atoms with E-state index in [9.17, 15) is 8.42 Å². The van der Waals surface area contributed by atoms with Crippen LogP contribution in [0, 0.1) is 0 Å². The average molecular weight is 490 g/mol. The molecule has 0 saturated heterocycles. The van der Waals surface area contributed by atoms with E-state index in [4.69, 9.17) is 9.47 Å². The zero-order valence-corrected chi connectivity index (χ0v) is 19.9. The molecule has 0 saturated carbocycles. The fraction of sp³-hybridized carbons (Fsp3) is 0.0800. The number of anilines is 2. The van der Waals surface area contributed by atoms with Crippen molar-refractivity contribution in [3.05, 3.63) is 102 Å². The van der Waals surface area contributed by atoms with Gasteiger partial charge in [-0.25, -0.2) is 13.4 Å². The molecule has 9 nitrogen and oxygen atoms in total. The van der Waals surface area contributed by atoms with Gasteiger partial charge in [0.2, 0.25) is 5.75 Å². The van der Waals surface area contributed by atoms with Crippen LogP contribution in [-0.4, -0.2) is 38.3 Å². The highest BCUT2D eigenvalue weighted by molar-refractivity contribution is 7.92. The molecule has 1 heterocycles. The van der Waals surface area contributed by atoms with Gasteiger partial charge in [0.05, 0.1) is 30.5 Å². The smallest absolute Gasteiger partial charge is 0.263 e. The highest BCUT2D eigenvalue weighted by Crippen LogP contribution is 2.32. The summed E-state index contributed by atoms with van der Waals surface area (Å²) in [7, 11) is -1.17. The van der Waals surface area contributed by atoms with Gasteiger partial charge in [-0.05, 0) is 24.3 Å². The molecular weight excluding hydrogens is 466 g/mol. The van der Waals surface area contributed by atoms with E-state index < -0.39 is 10.0 Å². The Bertz CT molecular complexity index is 1370. The maximum atomic E-state index is 12.9. The number of aromatic nitrogens is 2. The zero-order valence-electron chi connectivity index (χ0n) is 19.0. The molecule has 4 rings (SSSR count). The summed E-state index contributed by atoms with van der Waals surface area (Å²) < 4.78 is 38.5. The number of hydrazone groups is 1. The third-order valence-corrected chi connectivity index (χ3v) is 6.31. The van der Waals surface area contributed by atoms with Crippen molar-refractivity contribution in [3.8, 4) is 11.6 Å². The van der Waals surface area contributed by atoms with Crippen LogP contribution < -0.4 is 19.6 Å². The Balaban J connectivity index is 1.56. The van der Waals surface area contributed by atoms with Gasteiger partial charge in [0.1, 0.15) is 6.33 Å². The molecular formula is C25H23N5O4S. The zero-order chi connectivity index (χ0) is 24.7. The van der Waals surface area contributed by atoms with Crippen molar-refractivity contribution in [2.24, 2.45) is 5.10 Å². The van der Waals surface area contributed by atoms with Crippen LogP contribution in [0.1, 0.15) is 11.1 Å². The number of hydrogen-bond donors (Lipinski definition) is 2. The van der Waals surface area contributed by atoms with Crippen LogP contribution in [0.5, 0.6) is 11.6 Å². The Hall–Kier alpha value is -4.44. The SMILES string of the molecule is COc1ncnc(NS(=O)(=O)c2ccc(NN=C(c3ccccc3)c3ccccc3)cc2)c1OC. The van der Waals surface area contributed by atoms with Gasteiger partial charge >= 0.3 is 0 Å². The van der Waals surface area contributed by atoms with Gasteiger partial charge in [-0.3, -0.25) is 10.1 Å². The first-order valence-corrected chi connectivity index (χ1v) is 12.0. The summed E-state index contributed by atoms with van der Waals surface area (Å²) in [5.41, 5.74) is 6.29. The monoisotopic (exact) mass is 489 g/mol. The fourth-order valence-corrected chi connectivity index (χ4v) is 4.27. The van der Waals surface area contributed by atoms with E-state index in [0.717, 1.165) is 16.8 Å². The minimum Gasteiger partial charge on any atom is -0.489 e. The van der Waals surface area contributed by atoms with Crippen molar-refractivity contribution >= 4 is 27.2 Å². The number of nitrogens with one attached hydrogen (secondary N) is 2. The summed E-state index contributed by atoms with van der Waals surface area (Å²) in [5, 5.41) is 4.59. The minimum absolute atomic E-state index is 0.0264. The third kappa shape index (κ3) is 5.56. The first-order chi connectivity index (χ1) is 17.0. The molecule has 0 atom stereocenters. The lowest BCUT2D eigenvalue weighted by atomic mass is 10.0. The molecule has 0 radical (unpaired) electrons. The molecule has 4 aromatic rings. The summed E-state index contributed by atoms with van der Waals surface area (Å²) in [6.45, 7) is 0. The molecule has 0 aliphatic rings. The van der Waals surface area contributed by atoms with Gasteiger partial charge in [-0.2, -0.15) is 10.1 Å². The van der Waals surface area contributed by atoms with Crippen LogP contribution >= 0.6 is 0 Å². The van der Waals surface area contributed by atoms with Crippen molar-refractivity contribution in [2.75, 3.05) is 24.4 Å². The molecule has 0 unspecified atom stereocenters. The van der Waals surface area contributed by atoms with Crippen molar-refractivity contribution in [1.82, 2.24) is 9.97 Å². The summed E-state index contributed by atoms with van der Waals surface area (Å²) in [6, 6.07) is 25.8. The highest BCUT2D eigenvalue weighted by atomic mass is 32.2. The molecule has 178 valence electrons. The highest BCUT2D eigenvalue weighted by Gasteiger charge is 2.20. The van der Waals surface area contributed by atoms with Gasteiger partial charge in [-0.1, -0.05) is 60.7 Å². The summed E-state index contributed by atoms with van der Waals surface area (Å²) in [5.74, 6) is 0.173. The van der Waals surface area contributed by atoms with E-state index in [2.05, 4.69) is 25.2 Å². The van der Waals surface area contributed by atoms with Crippen molar-refractivity contribution in [1.29, 1.82) is 0 Å². The second-order valence-corrected chi connectivity index (χ2v) is 8.88. The Kier molecular flexibility index (Phi) is 7.22. The molecule has 35 heavy (non-hydrogen) atoms. The third-order valence-electron chi connectivity index (χ3n) is 4.96. The molecule has 0 aliphatic carbocycles. The van der Waals surface area contributed by atoms with Crippen molar-refractivity contribution in [2.45, 2.75) is 4.90 Å². The van der Waals surface area contributed by atoms with Crippen LogP contribution in [-0.2, 0) is 10.0 Å². The lowest BCUT2D eigenvalue weighted by Gasteiger charge is -2.13. The van der Waals surface area contributed by atoms with E-state index in [0.29, 0.717) is 5.69 Å². The van der Waals surface area contributed by atoms with Gasteiger partial charge in [0.25, 0.3) is 15.9 Å². The van der Waals surface area contributed by atoms with E-state index in [1.807, 2.05) is 60.7 Å². The molecule has 0 bridgehead atoms. The number of rotatable bonds is 9. The summed E-state index contributed by atoms with van der Waals surface area (Å²) >= 11 is 0. The standard InChI is InChI=1S/C25H23N5O4S/c1-33-23-24(26-17-27-25(23)34-2)30-35(31,32)21-15-13-20(14-16-21)28-29-22(18-9-5-3-6-10-18)19-11-7-4-8-12-19/h3-17,28H,1-2H3,(H,26,27,30). The lowest BCUT2D eigenvalue weighted by Crippen LogP contribution is -2.15. The summed E-state index contributed by atoms with van der Waals surface area (Å²) in [4.78, 5) is 7.90. The first kappa shape index (κ1) is 23.7. The molecule has 10 heteroatoms. The maximum absolute atomic E-state index is 12.9. The van der Waals surface area contributed by atoms with Gasteiger partial charge in [0, 0.05) is 11.1 Å². The van der Waals surface area contributed by atoms with Crippen molar-refractivity contribution in [3.63, 3.8) is 0 Å². The largest absolute Gasteiger partial charge is 0.489 e. The van der Waals surface area contributed by atoms with Gasteiger partial charge < -0.3 is 9.47 Å². The molecule has 2 N–H and O–H groups in total. The number of benzene rings is 3. The average Bonchev–Trinajstić information content (AvgIpc) is 2.90. The fourth-order valence-electron chi connectivity index (χ4n) is 3.26. The topological polar surface area (TPSA) is 115 Å². The molecule has 0 fully saturated rings. The molecule has 3 aromatic carbocycles. The normalized spacial score (nSPS) is 10.8. The van der Waals surface area contributed by atoms with Crippen molar-refractivity contribution < 1.29 is 17.9 Å². The number of methoxy groups -OCH3 is 2. The molecule has 0 aliphatic heterocycles. The molecule has 0 amide bonds. The number of ether oxygens (including phenoxy) is 2.